The van der Waals surface area contributed by atoms with Gasteiger partial charge in [-0.2, -0.15) is 0 Å². The van der Waals surface area contributed by atoms with Gasteiger partial charge in [-0.15, -0.1) is 5.10 Å². The number of benzene rings is 1. The van der Waals surface area contributed by atoms with Crippen molar-refractivity contribution in [3.8, 4) is 11.3 Å². The van der Waals surface area contributed by atoms with Gasteiger partial charge in [0, 0.05) is 24.3 Å². The van der Waals surface area contributed by atoms with Gasteiger partial charge in [0.05, 0.1) is 24.2 Å². The van der Waals surface area contributed by atoms with Gasteiger partial charge in [-0.25, -0.2) is 18.9 Å². The van der Waals surface area contributed by atoms with Gasteiger partial charge in [0.2, 0.25) is 5.43 Å². The molecule has 1 saturated heterocycles. The Morgan fingerprint density at radius 1 is 1.14 bits per heavy atom. The van der Waals surface area contributed by atoms with E-state index in [4.69, 9.17) is 0 Å². The second-order valence-corrected chi connectivity index (χ2v) is 9.16. The zero-order valence-corrected chi connectivity index (χ0v) is 18.8. The van der Waals surface area contributed by atoms with Gasteiger partial charge in [-0.3, -0.25) is 4.79 Å². The van der Waals surface area contributed by atoms with Crippen LogP contribution in [0.3, 0.4) is 0 Å². The van der Waals surface area contributed by atoms with E-state index in [-0.39, 0.29) is 28.9 Å². The minimum atomic E-state index is -1.32. The Bertz CT molecular complexity index is 1490. The van der Waals surface area contributed by atoms with Crippen molar-refractivity contribution in [2.24, 2.45) is 0 Å². The molecule has 4 aromatic rings. The lowest BCUT2D eigenvalue weighted by Crippen LogP contribution is -2.34. The summed E-state index contributed by atoms with van der Waals surface area (Å²) in [6, 6.07) is 11.0. The fourth-order valence-corrected chi connectivity index (χ4v) is 4.87. The van der Waals surface area contributed by atoms with Crippen LogP contribution in [0.2, 0.25) is 0 Å². The van der Waals surface area contributed by atoms with Crippen molar-refractivity contribution in [3.05, 3.63) is 70.4 Å². The van der Waals surface area contributed by atoms with Crippen molar-refractivity contribution >= 4 is 22.8 Å². The Balaban J connectivity index is 1.35. The molecule has 1 aromatic carbocycles. The Hall–Kier alpha value is -4.08. The summed E-state index contributed by atoms with van der Waals surface area (Å²) in [5.74, 6) is -1.77. The number of aromatic nitrogens is 5. The number of carboxylic acids is 1. The van der Waals surface area contributed by atoms with Crippen molar-refractivity contribution in [2.75, 3.05) is 11.4 Å². The van der Waals surface area contributed by atoms with Gasteiger partial charge >= 0.3 is 5.97 Å². The van der Waals surface area contributed by atoms with Crippen molar-refractivity contribution < 1.29 is 14.3 Å². The maximum absolute atomic E-state index is 15.3. The van der Waals surface area contributed by atoms with E-state index in [2.05, 4.69) is 15.3 Å². The largest absolute Gasteiger partial charge is 0.477 e. The summed E-state index contributed by atoms with van der Waals surface area (Å²) in [6.45, 7) is 1.15. The molecule has 1 atom stereocenters. The highest BCUT2D eigenvalue weighted by Gasteiger charge is 2.32. The number of aromatic carboxylic acids is 1. The molecule has 0 unspecified atom stereocenters. The summed E-state index contributed by atoms with van der Waals surface area (Å²) in [4.78, 5) is 30.8. The number of nitrogens with zero attached hydrogens (tertiary/aromatic N) is 6. The van der Waals surface area contributed by atoms with Crippen molar-refractivity contribution in [3.63, 3.8) is 0 Å². The lowest BCUT2D eigenvalue weighted by Gasteiger charge is -2.26. The SMILES string of the molecule is O=C(O)c1cn(C2CC2)c2nc(N3CCC[C@H]3Cn3cc(-c4ccccc4)nn3)c(F)cc2c1=O. The summed E-state index contributed by atoms with van der Waals surface area (Å²) < 4.78 is 18.8. The highest BCUT2D eigenvalue weighted by Crippen LogP contribution is 2.37. The van der Waals surface area contributed by atoms with Gasteiger partial charge in [-0.1, -0.05) is 35.5 Å². The molecule has 9 nitrogen and oxygen atoms in total. The third-order valence-electron chi connectivity index (χ3n) is 6.77. The first kappa shape index (κ1) is 21.5. The predicted octanol–water partition coefficient (Wildman–Crippen LogP) is 3.50. The van der Waals surface area contributed by atoms with Crippen LogP contribution < -0.4 is 10.3 Å². The molecule has 0 spiro atoms. The number of anilines is 1. The summed E-state index contributed by atoms with van der Waals surface area (Å²) in [6.07, 6.45) is 6.68. The van der Waals surface area contributed by atoms with E-state index in [9.17, 15) is 14.7 Å². The first-order chi connectivity index (χ1) is 17.0. The number of fused-ring (bicyclic) bond motifs is 1. The molecule has 3 aromatic heterocycles. The van der Waals surface area contributed by atoms with Gasteiger partial charge < -0.3 is 14.6 Å². The Morgan fingerprint density at radius 3 is 2.69 bits per heavy atom. The van der Waals surface area contributed by atoms with Gasteiger partial charge in [0.15, 0.2) is 11.6 Å². The van der Waals surface area contributed by atoms with E-state index in [0.29, 0.717) is 18.7 Å². The normalized spacial score (nSPS) is 17.9. The quantitative estimate of drug-likeness (QED) is 0.456. The molecule has 2 fully saturated rings. The summed E-state index contributed by atoms with van der Waals surface area (Å²) in [5.41, 5.74) is 1.00. The van der Waals surface area contributed by atoms with Crippen LogP contribution in [0.1, 0.15) is 42.1 Å². The molecule has 0 radical (unpaired) electrons. The van der Waals surface area contributed by atoms with Crippen LogP contribution in [0.4, 0.5) is 10.2 Å². The van der Waals surface area contributed by atoms with Crippen LogP contribution in [-0.2, 0) is 6.54 Å². The summed E-state index contributed by atoms with van der Waals surface area (Å²) >= 11 is 0. The second kappa shape index (κ2) is 8.30. The number of hydrogen-bond donors (Lipinski definition) is 1. The molecule has 1 N–H and O–H groups in total. The molecule has 1 saturated carbocycles. The van der Waals surface area contributed by atoms with E-state index in [0.717, 1.165) is 43.0 Å². The van der Waals surface area contributed by atoms with E-state index in [1.807, 2.05) is 41.4 Å². The minimum Gasteiger partial charge on any atom is -0.477 e. The molecule has 0 amide bonds. The minimum absolute atomic E-state index is 0.00224. The molecular weight excluding hydrogens is 451 g/mol. The molecule has 10 heteroatoms. The number of hydrogen-bond acceptors (Lipinski definition) is 6. The van der Waals surface area contributed by atoms with E-state index in [1.165, 1.54) is 6.20 Å². The fraction of sp³-hybridized carbons (Fsp3) is 0.320. The predicted molar refractivity (Wildman–Crippen MR) is 127 cm³/mol. The number of halogens is 1. The molecule has 4 heterocycles. The smallest absolute Gasteiger partial charge is 0.341 e. The van der Waals surface area contributed by atoms with Crippen molar-refractivity contribution in [1.82, 2.24) is 24.5 Å². The average molecular weight is 474 g/mol. The Morgan fingerprint density at radius 2 is 1.94 bits per heavy atom. The number of rotatable bonds is 6. The fourth-order valence-electron chi connectivity index (χ4n) is 4.87. The van der Waals surface area contributed by atoms with Gasteiger partial charge in [0.1, 0.15) is 16.9 Å². The molecular formula is C25H23FN6O3. The zero-order valence-electron chi connectivity index (χ0n) is 18.8. The first-order valence-corrected chi connectivity index (χ1v) is 11.7. The topological polar surface area (TPSA) is 106 Å². The maximum Gasteiger partial charge on any atom is 0.341 e. The average Bonchev–Trinajstić information content (AvgIpc) is 3.42. The molecule has 6 rings (SSSR count). The molecule has 0 bridgehead atoms. The summed E-state index contributed by atoms with van der Waals surface area (Å²) in [5, 5.41) is 18.0. The molecule has 178 valence electrons. The van der Waals surface area contributed by atoms with E-state index in [1.54, 1.807) is 9.25 Å². The molecule has 1 aliphatic heterocycles. The first-order valence-electron chi connectivity index (χ1n) is 11.7. The molecule has 1 aliphatic carbocycles. The van der Waals surface area contributed by atoms with E-state index >= 15 is 4.39 Å². The lowest BCUT2D eigenvalue weighted by atomic mass is 10.1. The second-order valence-electron chi connectivity index (χ2n) is 9.16. The zero-order chi connectivity index (χ0) is 24.1. The van der Waals surface area contributed by atoms with Crippen LogP contribution in [0.15, 0.2) is 53.6 Å². The lowest BCUT2D eigenvalue weighted by molar-refractivity contribution is 0.0695. The Kier molecular flexibility index (Phi) is 5.09. The van der Waals surface area contributed by atoms with Crippen LogP contribution in [0, 0.1) is 5.82 Å². The highest BCUT2D eigenvalue weighted by molar-refractivity contribution is 5.92. The van der Waals surface area contributed by atoms with E-state index < -0.39 is 17.2 Å². The van der Waals surface area contributed by atoms with Crippen molar-refractivity contribution in [1.29, 1.82) is 0 Å². The van der Waals surface area contributed by atoms with Gasteiger partial charge in [0.25, 0.3) is 0 Å². The molecule has 2 aliphatic rings. The third-order valence-corrected chi connectivity index (χ3v) is 6.77. The highest BCUT2D eigenvalue weighted by atomic mass is 19.1. The maximum atomic E-state index is 15.3. The van der Waals surface area contributed by atoms with Crippen LogP contribution in [0.25, 0.3) is 22.3 Å². The van der Waals surface area contributed by atoms with Crippen LogP contribution >= 0.6 is 0 Å². The monoisotopic (exact) mass is 474 g/mol. The Labute approximate surface area is 199 Å². The number of carbonyl (C=O) groups is 1. The third kappa shape index (κ3) is 3.84. The van der Waals surface area contributed by atoms with Crippen molar-refractivity contribution in [2.45, 2.75) is 44.3 Å². The van der Waals surface area contributed by atoms with Gasteiger partial charge in [-0.05, 0) is 31.7 Å². The number of pyridine rings is 2. The van der Waals surface area contributed by atoms with Crippen LogP contribution in [-0.4, -0.2) is 48.2 Å². The summed E-state index contributed by atoms with van der Waals surface area (Å²) in [7, 11) is 0. The number of carboxylic acid groups (broad SMARTS) is 1. The van der Waals surface area contributed by atoms with Crippen LogP contribution in [0.5, 0.6) is 0 Å². The standard InChI is InChI=1S/C25H23FN6O3/c26-20-11-18-22(33)19(25(34)35)13-32(16-8-9-16)23(18)27-24(20)31-10-4-7-17(31)12-30-14-21(28-29-30)15-5-2-1-3-6-15/h1-3,5-6,11,13-14,16-17H,4,7-10,12H2,(H,34,35)/t17-/m0/s1. The molecule has 35 heavy (non-hydrogen) atoms.